The summed E-state index contributed by atoms with van der Waals surface area (Å²) in [6, 6.07) is 7.54. The molecule has 0 aliphatic heterocycles. The number of aromatic nitrogens is 4. The number of carboxylic acids is 1. The number of Topliss-reactive ketones (excluding diaryl/α,β-unsaturated/α-hetero) is 1. The lowest BCUT2D eigenvalue weighted by Gasteiger charge is -2.07. The van der Waals surface area contributed by atoms with Crippen LogP contribution >= 0.6 is 0 Å². The highest BCUT2D eigenvalue weighted by Crippen LogP contribution is 2.19. The molecule has 1 aromatic carbocycles. The topological polar surface area (TPSA) is 162 Å². The summed E-state index contributed by atoms with van der Waals surface area (Å²) < 4.78 is 11.8. The Bertz CT molecular complexity index is 1150. The van der Waals surface area contributed by atoms with Gasteiger partial charge < -0.3 is 25.3 Å². The Morgan fingerprint density at radius 1 is 1.09 bits per heavy atom. The van der Waals surface area contributed by atoms with Crippen molar-refractivity contribution in [2.24, 2.45) is 0 Å². The lowest BCUT2D eigenvalue weighted by molar-refractivity contribution is -0.138. The number of imidazole rings is 1. The van der Waals surface area contributed by atoms with E-state index >= 15 is 0 Å². The van der Waals surface area contributed by atoms with Crippen molar-refractivity contribution in [3.05, 3.63) is 45.9 Å². The molecule has 0 spiro atoms. The number of nitrogens with one attached hydrogen (secondary N) is 1. The Morgan fingerprint density at radius 2 is 1.81 bits per heavy atom. The van der Waals surface area contributed by atoms with Crippen LogP contribution in [0.25, 0.3) is 11.2 Å². The molecule has 11 heteroatoms. The number of aliphatic carboxylic acids is 1. The third kappa shape index (κ3) is 5.91. The van der Waals surface area contributed by atoms with Gasteiger partial charge in [0.1, 0.15) is 17.9 Å². The van der Waals surface area contributed by atoms with E-state index in [1.165, 1.54) is 4.57 Å². The number of fused-ring (bicyclic) bond motifs is 1. The van der Waals surface area contributed by atoms with Gasteiger partial charge in [0, 0.05) is 20.0 Å². The van der Waals surface area contributed by atoms with Crippen LogP contribution in [-0.4, -0.2) is 56.7 Å². The predicted octanol–water partition coefficient (Wildman–Crippen LogP) is 1.14. The Hall–Kier alpha value is -3.73. The summed E-state index contributed by atoms with van der Waals surface area (Å²) >= 11 is 0. The highest BCUT2D eigenvalue weighted by molar-refractivity contribution is 5.83. The Labute approximate surface area is 183 Å². The monoisotopic (exact) mass is 443 g/mol. The van der Waals surface area contributed by atoms with Crippen LogP contribution in [0, 0.1) is 0 Å². The van der Waals surface area contributed by atoms with Crippen molar-refractivity contribution in [1.82, 2.24) is 19.5 Å². The fourth-order valence-electron chi connectivity index (χ4n) is 3.11. The molecule has 0 radical (unpaired) electrons. The van der Waals surface area contributed by atoms with E-state index in [4.69, 9.17) is 20.3 Å². The van der Waals surface area contributed by atoms with E-state index in [1.807, 2.05) is 24.3 Å². The van der Waals surface area contributed by atoms with E-state index in [-0.39, 0.29) is 55.7 Å². The van der Waals surface area contributed by atoms with Gasteiger partial charge in [0.25, 0.3) is 0 Å². The number of anilines is 1. The van der Waals surface area contributed by atoms with E-state index in [0.29, 0.717) is 24.2 Å². The predicted molar refractivity (Wildman–Crippen MR) is 116 cm³/mol. The van der Waals surface area contributed by atoms with Gasteiger partial charge in [-0.3, -0.25) is 14.2 Å². The molecule has 0 aliphatic rings. The average Bonchev–Trinajstić information content (AvgIpc) is 3.08. The van der Waals surface area contributed by atoms with Crippen LogP contribution in [0.2, 0.25) is 0 Å². The molecule has 11 nitrogen and oxygen atoms in total. The number of carbonyl (C=O) groups excluding carboxylic acids is 1. The fourth-order valence-corrected chi connectivity index (χ4v) is 3.11. The molecule has 2 aromatic heterocycles. The van der Waals surface area contributed by atoms with Crippen molar-refractivity contribution < 1.29 is 24.2 Å². The van der Waals surface area contributed by atoms with Crippen molar-refractivity contribution in [1.29, 1.82) is 0 Å². The number of rotatable bonds is 12. The van der Waals surface area contributed by atoms with Gasteiger partial charge in [-0.1, -0.05) is 24.3 Å². The molecule has 0 amide bonds. The second-order valence-electron chi connectivity index (χ2n) is 7.20. The number of nitrogen functional groups attached to an aromatic ring is 1. The molecule has 3 aromatic rings. The molecule has 0 bridgehead atoms. The van der Waals surface area contributed by atoms with Gasteiger partial charge in [-0.2, -0.15) is 9.97 Å². The van der Waals surface area contributed by atoms with Gasteiger partial charge in [0.2, 0.25) is 0 Å². The number of H-pyrrole nitrogens is 1. The third-order valence-corrected chi connectivity index (χ3v) is 4.82. The second-order valence-corrected chi connectivity index (χ2v) is 7.20. The second kappa shape index (κ2) is 10.5. The highest BCUT2D eigenvalue weighted by Gasteiger charge is 2.15. The molecular formula is C21H25N5O6. The van der Waals surface area contributed by atoms with E-state index in [9.17, 15) is 14.4 Å². The minimum absolute atomic E-state index is 0.0407. The number of benzene rings is 1. The van der Waals surface area contributed by atoms with Gasteiger partial charge >= 0.3 is 17.7 Å². The smallest absolute Gasteiger partial charge is 0.328 e. The molecule has 2 heterocycles. The maximum Gasteiger partial charge on any atom is 0.328 e. The van der Waals surface area contributed by atoms with Crippen molar-refractivity contribution in [3.8, 4) is 6.01 Å². The summed E-state index contributed by atoms with van der Waals surface area (Å²) in [5.74, 6) is -0.945. The molecule has 0 unspecified atom stereocenters. The number of nitrogens with zero attached hydrogens (tertiary/aromatic N) is 3. The van der Waals surface area contributed by atoms with Gasteiger partial charge in [0.05, 0.1) is 19.6 Å². The first-order chi connectivity index (χ1) is 15.4. The van der Waals surface area contributed by atoms with Crippen LogP contribution in [0.15, 0.2) is 29.1 Å². The van der Waals surface area contributed by atoms with Crippen LogP contribution in [0.3, 0.4) is 0 Å². The zero-order valence-corrected chi connectivity index (χ0v) is 17.7. The number of aromatic amines is 1. The summed E-state index contributed by atoms with van der Waals surface area (Å²) in [5, 5.41) is 8.64. The Kier molecular flexibility index (Phi) is 7.55. The minimum Gasteiger partial charge on any atom is -0.481 e. The number of hydrogen-bond acceptors (Lipinski definition) is 8. The number of ether oxygens (including phenoxy) is 2. The lowest BCUT2D eigenvalue weighted by atomic mass is 10.0. The molecule has 3 rings (SSSR count). The number of carbonyl (C=O) groups is 2. The van der Waals surface area contributed by atoms with E-state index in [2.05, 4.69) is 15.0 Å². The highest BCUT2D eigenvalue weighted by atomic mass is 16.5. The third-order valence-electron chi connectivity index (χ3n) is 4.82. The molecule has 0 saturated heterocycles. The number of ketones is 1. The zero-order chi connectivity index (χ0) is 23.1. The molecule has 0 fully saturated rings. The van der Waals surface area contributed by atoms with Crippen LogP contribution in [0.4, 0.5) is 5.82 Å². The Morgan fingerprint density at radius 3 is 2.50 bits per heavy atom. The van der Waals surface area contributed by atoms with E-state index < -0.39 is 5.97 Å². The van der Waals surface area contributed by atoms with Gasteiger partial charge in [-0.05, 0) is 17.5 Å². The molecule has 0 atom stereocenters. The van der Waals surface area contributed by atoms with Crippen LogP contribution in [0.5, 0.6) is 6.01 Å². The largest absolute Gasteiger partial charge is 0.481 e. The molecule has 32 heavy (non-hydrogen) atoms. The fraction of sp³-hybridized carbons (Fsp3) is 0.381. The first kappa shape index (κ1) is 22.9. The molecule has 0 saturated carbocycles. The first-order valence-electron chi connectivity index (χ1n) is 10.1. The van der Waals surface area contributed by atoms with Gasteiger partial charge in [-0.25, -0.2) is 4.79 Å². The number of methoxy groups -OCH3 is 1. The molecule has 170 valence electrons. The summed E-state index contributed by atoms with van der Waals surface area (Å²) in [5.41, 5.74) is 8.05. The first-order valence-corrected chi connectivity index (χ1v) is 10.1. The molecular weight excluding hydrogens is 418 g/mol. The van der Waals surface area contributed by atoms with Crippen LogP contribution < -0.4 is 16.2 Å². The van der Waals surface area contributed by atoms with Crippen LogP contribution in [0.1, 0.15) is 30.4 Å². The maximum atomic E-state index is 12.5. The van der Waals surface area contributed by atoms with Gasteiger partial charge in [0.15, 0.2) is 11.5 Å². The van der Waals surface area contributed by atoms with Crippen molar-refractivity contribution in [2.45, 2.75) is 32.2 Å². The van der Waals surface area contributed by atoms with E-state index in [1.54, 1.807) is 7.11 Å². The van der Waals surface area contributed by atoms with Crippen molar-refractivity contribution >= 4 is 28.7 Å². The maximum absolute atomic E-state index is 12.5. The quantitative estimate of drug-likeness (QED) is 0.348. The van der Waals surface area contributed by atoms with Crippen molar-refractivity contribution in [3.63, 3.8) is 0 Å². The average molecular weight is 443 g/mol. The van der Waals surface area contributed by atoms with Crippen molar-refractivity contribution in [2.75, 3.05) is 26.1 Å². The molecule has 4 N–H and O–H groups in total. The number of nitrogens with two attached hydrogens (primary N) is 1. The molecule has 0 aliphatic carbocycles. The minimum atomic E-state index is -0.976. The normalized spacial score (nSPS) is 11.0. The van der Waals surface area contributed by atoms with Gasteiger partial charge in [-0.15, -0.1) is 0 Å². The zero-order valence-electron chi connectivity index (χ0n) is 17.7. The summed E-state index contributed by atoms with van der Waals surface area (Å²) in [7, 11) is 1.55. The lowest BCUT2D eigenvalue weighted by Crippen LogP contribution is -2.18. The standard InChI is InChI=1S/C21H25N5O6/c1-31-10-11-32-20-24-18(22)17-19(25-20)26(21(30)23-17)12-14-4-2-13(3-5-14)6-7-15(27)8-9-16(28)29/h2-5H,6-12H2,1H3,(H,23,30)(H,28,29)(H2,22,24,25). The van der Waals surface area contributed by atoms with Crippen LogP contribution in [-0.2, 0) is 27.3 Å². The SMILES string of the molecule is COCCOc1nc(N)c2[nH]c(=O)n(Cc3ccc(CCC(=O)CCC(=O)O)cc3)c2n1. The summed E-state index contributed by atoms with van der Waals surface area (Å²) in [6.07, 6.45) is 0.706. The summed E-state index contributed by atoms with van der Waals surface area (Å²) in [4.78, 5) is 45.8. The number of carboxylic acid groups (broad SMARTS) is 1. The summed E-state index contributed by atoms with van der Waals surface area (Å²) in [6.45, 7) is 0.861. The van der Waals surface area contributed by atoms with E-state index in [0.717, 1.165) is 11.1 Å². The number of hydrogen-bond donors (Lipinski definition) is 3. The number of aryl methyl sites for hydroxylation is 1. The Balaban J connectivity index is 1.70.